The maximum absolute atomic E-state index is 12.9. The van der Waals surface area contributed by atoms with Crippen LogP contribution in [-0.4, -0.2) is 46.4 Å². The molecule has 1 saturated heterocycles. The molecule has 0 bridgehead atoms. The van der Waals surface area contributed by atoms with Crippen molar-refractivity contribution in [1.29, 1.82) is 0 Å². The molecule has 3 heterocycles. The van der Waals surface area contributed by atoms with Gasteiger partial charge in [0, 0.05) is 47.4 Å². The van der Waals surface area contributed by atoms with Gasteiger partial charge in [-0.15, -0.1) is 11.3 Å². The number of nitrogens with zero attached hydrogens (tertiary/aromatic N) is 4. The van der Waals surface area contributed by atoms with E-state index in [1.54, 1.807) is 11.3 Å². The highest BCUT2D eigenvalue weighted by atomic mass is 79.9. The van der Waals surface area contributed by atoms with Crippen molar-refractivity contribution >= 4 is 54.9 Å². The molecule has 2 aromatic carbocycles. The van der Waals surface area contributed by atoms with E-state index in [0.717, 1.165) is 52.3 Å². The van der Waals surface area contributed by atoms with E-state index in [9.17, 15) is 4.79 Å². The number of piperazine rings is 1. The van der Waals surface area contributed by atoms with Gasteiger partial charge in [-0.2, -0.15) is 0 Å². The topological polar surface area (TPSA) is 40.9 Å². The van der Waals surface area contributed by atoms with E-state index in [1.165, 1.54) is 5.69 Å². The van der Waals surface area contributed by atoms with Crippen LogP contribution in [0.4, 0.5) is 5.69 Å². The largest absolute Gasteiger partial charge is 0.368 e. The molecule has 0 saturated carbocycles. The highest BCUT2D eigenvalue weighted by Gasteiger charge is 2.23. The minimum atomic E-state index is 0.188. The third kappa shape index (κ3) is 3.18. The molecule has 7 heteroatoms. The molecule has 1 aliphatic rings. The van der Waals surface area contributed by atoms with Gasteiger partial charge in [0.15, 0.2) is 4.96 Å². The molecule has 1 aliphatic heterocycles. The lowest BCUT2D eigenvalue weighted by molar-refractivity contribution is -0.130. The van der Waals surface area contributed by atoms with Crippen LogP contribution in [0.15, 0.2) is 58.4 Å². The molecule has 0 atom stereocenters. The molecule has 0 aliphatic carbocycles. The van der Waals surface area contributed by atoms with Crippen LogP contribution in [-0.2, 0) is 11.2 Å². The molecule has 0 radical (unpaired) electrons. The Bertz CT molecular complexity index is 1140. The number of carbonyl (C=O) groups excluding carboxylic acids is 1. The molecule has 5 nitrogen and oxygen atoms in total. The molecule has 0 unspecified atom stereocenters. The molecular formula is C21H19BrN4OS. The second kappa shape index (κ2) is 7.22. The lowest BCUT2D eigenvalue weighted by Gasteiger charge is -2.36. The highest BCUT2D eigenvalue weighted by molar-refractivity contribution is 9.10. The number of halogens is 1. The van der Waals surface area contributed by atoms with Gasteiger partial charge in [-0.1, -0.05) is 28.1 Å². The number of para-hydroxylation sites is 2. The first kappa shape index (κ1) is 17.7. The van der Waals surface area contributed by atoms with Crippen LogP contribution in [0.2, 0.25) is 0 Å². The van der Waals surface area contributed by atoms with Crippen LogP contribution >= 0.6 is 27.3 Å². The van der Waals surface area contributed by atoms with Gasteiger partial charge in [0.1, 0.15) is 0 Å². The van der Waals surface area contributed by atoms with Gasteiger partial charge in [0.05, 0.1) is 17.5 Å². The molecule has 0 N–H and O–H groups in total. The molecule has 28 heavy (non-hydrogen) atoms. The number of benzene rings is 2. The number of fused-ring (bicyclic) bond motifs is 3. The lowest BCUT2D eigenvalue weighted by atomic mass is 10.2. The summed E-state index contributed by atoms with van der Waals surface area (Å²) in [6.07, 6.45) is 0.415. The Morgan fingerprint density at radius 2 is 1.79 bits per heavy atom. The van der Waals surface area contributed by atoms with Gasteiger partial charge < -0.3 is 9.80 Å². The summed E-state index contributed by atoms with van der Waals surface area (Å²) in [6.45, 7) is 3.24. The monoisotopic (exact) mass is 454 g/mol. The number of imidazole rings is 1. The number of aromatic nitrogens is 2. The van der Waals surface area contributed by atoms with Crippen molar-refractivity contribution in [3.8, 4) is 0 Å². The fourth-order valence-electron chi connectivity index (χ4n) is 3.79. The van der Waals surface area contributed by atoms with Crippen LogP contribution < -0.4 is 4.90 Å². The van der Waals surface area contributed by atoms with Gasteiger partial charge in [0.25, 0.3) is 0 Å². The number of thiazole rings is 1. The summed E-state index contributed by atoms with van der Waals surface area (Å²) < 4.78 is 3.20. The maximum atomic E-state index is 12.9. The number of hydrogen-bond donors (Lipinski definition) is 0. The van der Waals surface area contributed by atoms with E-state index in [1.807, 2.05) is 23.1 Å². The first-order valence-electron chi connectivity index (χ1n) is 9.31. The van der Waals surface area contributed by atoms with Gasteiger partial charge in [0.2, 0.25) is 5.91 Å². The summed E-state index contributed by atoms with van der Waals surface area (Å²) in [5, 5.41) is 2.06. The third-order valence-corrected chi connectivity index (χ3v) is 6.68. The Morgan fingerprint density at radius 3 is 2.57 bits per heavy atom. The molecule has 0 spiro atoms. The smallest absolute Gasteiger partial charge is 0.228 e. The van der Waals surface area contributed by atoms with Crippen molar-refractivity contribution in [2.45, 2.75) is 6.42 Å². The SMILES string of the molecule is O=C(Cc1csc2nc3ccccc3n12)N1CCN(c2ccc(Br)cc2)CC1. The Balaban J connectivity index is 1.29. The predicted molar refractivity (Wildman–Crippen MR) is 117 cm³/mol. The minimum absolute atomic E-state index is 0.188. The molecular weight excluding hydrogens is 436 g/mol. The number of anilines is 1. The molecule has 5 rings (SSSR count). The lowest BCUT2D eigenvalue weighted by Crippen LogP contribution is -2.49. The fourth-order valence-corrected chi connectivity index (χ4v) is 4.95. The Labute approximate surface area is 175 Å². The average Bonchev–Trinajstić information content (AvgIpc) is 3.28. The standard InChI is InChI=1S/C21H19BrN4OS/c22-15-5-7-16(8-6-15)24-9-11-25(12-10-24)20(27)13-17-14-28-21-23-18-3-1-2-4-19(18)26(17)21/h1-8,14H,9-13H2. The molecule has 1 fully saturated rings. The minimum Gasteiger partial charge on any atom is -0.368 e. The first-order valence-corrected chi connectivity index (χ1v) is 11.0. The predicted octanol–water partition coefficient (Wildman–Crippen LogP) is 4.20. The summed E-state index contributed by atoms with van der Waals surface area (Å²) in [4.78, 5) is 22.8. The van der Waals surface area contributed by atoms with Crippen molar-refractivity contribution in [1.82, 2.24) is 14.3 Å². The molecule has 142 valence electrons. The van der Waals surface area contributed by atoms with Crippen molar-refractivity contribution in [3.63, 3.8) is 0 Å². The van der Waals surface area contributed by atoms with E-state index >= 15 is 0 Å². The second-order valence-corrected chi connectivity index (χ2v) is 8.72. The number of amides is 1. The Kier molecular flexibility index (Phi) is 4.56. The number of hydrogen-bond acceptors (Lipinski definition) is 4. The Morgan fingerprint density at radius 1 is 1.04 bits per heavy atom. The quantitative estimate of drug-likeness (QED) is 0.465. The van der Waals surface area contributed by atoms with Crippen LogP contribution in [0.25, 0.3) is 16.0 Å². The van der Waals surface area contributed by atoms with E-state index in [4.69, 9.17) is 0 Å². The summed E-state index contributed by atoms with van der Waals surface area (Å²) >= 11 is 5.07. The third-order valence-electron chi connectivity index (χ3n) is 5.27. The van der Waals surface area contributed by atoms with Crippen molar-refractivity contribution in [2.75, 3.05) is 31.1 Å². The van der Waals surface area contributed by atoms with Crippen LogP contribution in [0.5, 0.6) is 0 Å². The zero-order valence-electron chi connectivity index (χ0n) is 15.2. The summed E-state index contributed by atoms with van der Waals surface area (Å²) in [5.74, 6) is 0.188. The fraction of sp³-hybridized carbons (Fsp3) is 0.238. The van der Waals surface area contributed by atoms with Gasteiger partial charge in [-0.05, 0) is 36.4 Å². The van der Waals surface area contributed by atoms with E-state index in [-0.39, 0.29) is 5.91 Å². The van der Waals surface area contributed by atoms with Crippen LogP contribution in [0.1, 0.15) is 5.69 Å². The normalized spacial score (nSPS) is 14.9. The molecule has 1 amide bonds. The van der Waals surface area contributed by atoms with Crippen molar-refractivity contribution < 1.29 is 4.79 Å². The van der Waals surface area contributed by atoms with Crippen molar-refractivity contribution in [2.24, 2.45) is 0 Å². The summed E-state index contributed by atoms with van der Waals surface area (Å²) in [7, 11) is 0. The summed E-state index contributed by atoms with van der Waals surface area (Å²) in [6, 6.07) is 16.4. The van der Waals surface area contributed by atoms with Crippen molar-refractivity contribution in [3.05, 3.63) is 64.1 Å². The van der Waals surface area contributed by atoms with Crippen LogP contribution in [0, 0.1) is 0 Å². The number of rotatable bonds is 3. The number of carbonyl (C=O) groups is 1. The van der Waals surface area contributed by atoms with Gasteiger partial charge >= 0.3 is 0 Å². The average molecular weight is 455 g/mol. The Hall–Kier alpha value is -2.38. The highest BCUT2D eigenvalue weighted by Crippen LogP contribution is 2.24. The van der Waals surface area contributed by atoms with E-state index < -0.39 is 0 Å². The zero-order valence-corrected chi connectivity index (χ0v) is 17.6. The second-order valence-electron chi connectivity index (χ2n) is 6.97. The van der Waals surface area contributed by atoms with Crippen LogP contribution in [0.3, 0.4) is 0 Å². The zero-order chi connectivity index (χ0) is 19.1. The van der Waals surface area contributed by atoms with Gasteiger partial charge in [-0.3, -0.25) is 9.20 Å². The van der Waals surface area contributed by atoms with Gasteiger partial charge in [-0.25, -0.2) is 4.98 Å². The summed E-state index contributed by atoms with van der Waals surface area (Å²) in [5.41, 5.74) is 4.28. The molecule has 2 aromatic heterocycles. The first-order chi connectivity index (χ1) is 13.7. The van der Waals surface area contributed by atoms with E-state index in [0.29, 0.717) is 6.42 Å². The maximum Gasteiger partial charge on any atom is 0.228 e. The van der Waals surface area contributed by atoms with E-state index in [2.05, 4.69) is 65.9 Å². The molecule has 4 aromatic rings.